The molecule has 0 saturated heterocycles. The van der Waals surface area contributed by atoms with E-state index in [0.717, 1.165) is 15.4 Å². The quantitative estimate of drug-likeness (QED) is 0.555. The minimum absolute atomic E-state index is 0.172. The average Bonchev–Trinajstić information content (AvgIpc) is 3.20. The molecule has 3 rings (SSSR count). The fraction of sp³-hybridized carbons (Fsp3) is 0.348. The number of carbonyl (C=O) groups is 1. The molecule has 1 aromatic heterocycles. The van der Waals surface area contributed by atoms with Crippen molar-refractivity contribution >= 4 is 21.6 Å². The molecule has 0 spiro atoms. The van der Waals surface area contributed by atoms with E-state index in [-0.39, 0.29) is 17.4 Å². The molecular weight excluding hydrogens is 428 g/mol. The van der Waals surface area contributed by atoms with Crippen LogP contribution in [0.1, 0.15) is 48.2 Å². The molecule has 0 saturated carbocycles. The minimum Gasteiger partial charge on any atom is -0.339 e. The molecule has 0 atom stereocenters. The lowest BCUT2D eigenvalue weighted by atomic mass is 10.1. The maximum absolute atomic E-state index is 12.9. The molecule has 3 aromatic rings. The Morgan fingerprint density at radius 2 is 1.81 bits per heavy atom. The van der Waals surface area contributed by atoms with Gasteiger partial charge in [0.05, 0.1) is 11.4 Å². The predicted octanol–water partition coefficient (Wildman–Crippen LogP) is 3.66. The van der Waals surface area contributed by atoms with Crippen LogP contribution in [0.15, 0.2) is 51.9 Å². The lowest BCUT2D eigenvalue weighted by molar-refractivity contribution is -0.116. The molecule has 2 aromatic carbocycles. The third-order valence-corrected chi connectivity index (χ3v) is 6.92. The predicted molar refractivity (Wildman–Crippen MR) is 122 cm³/mol. The van der Waals surface area contributed by atoms with Gasteiger partial charge in [-0.2, -0.15) is 9.29 Å². The number of rotatable bonds is 8. The van der Waals surface area contributed by atoms with Gasteiger partial charge in [0.25, 0.3) is 0 Å². The molecule has 0 aliphatic carbocycles. The third kappa shape index (κ3) is 5.60. The van der Waals surface area contributed by atoms with Crippen LogP contribution in [0.2, 0.25) is 0 Å². The van der Waals surface area contributed by atoms with E-state index in [4.69, 9.17) is 4.52 Å². The number of likely N-dealkylation sites (N-methyl/N-ethyl adjacent to an activating group) is 1. The summed E-state index contributed by atoms with van der Waals surface area (Å²) in [6.07, 6.45) is 0.515. The van der Waals surface area contributed by atoms with Gasteiger partial charge in [0, 0.05) is 25.1 Å². The molecule has 0 fully saturated rings. The Bertz CT molecular complexity index is 1200. The van der Waals surface area contributed by atoms with Gasteiger partial charge in [-0.05, 0) is 48.7 Å². The number of nitrogens with zero attached hydrogens (tertiary/aromatic N) is 3. The van der Waals surface area contributed by atoms with E-state index in [2.05, 4.69) is 15.5 Å². The van der Waals surface area contributed by atoms with E-state index in [1.54, 1.807) is 31.2 Å². The molecule has 0 unspecified atom stereocenters. The number of nitrogens with one attached hydrogen (secondary N) is 1. The van der Waals surface area contributed by atoms with Crippen molar-refractivity contribution in [2.75, 3.05) is 18.9 Å². The van der Waals surface area contributed by atoms with Gasteiger partial charge in [0.2, 0.25) is 21.8 Å². The van der Waals surface area contributed by atoms with Gasteiger partial charge >= 0.3 is 0 Å². The van der Waals surface area contributed by atoms with Gasteiger partial charge in [-0.15, -0.1) is 0 Å². The van der Waals surface area contributed by atoms with Gasteiger partial charge in [0.1, 0.15) is 0 Å². The van der Waals surface area contributed by atoms with E-state index in [1.165, 1.54) is 7.05 Å². The Morgan fingerprint density at radius 1 is 1.12 bits per heavy atom. The Kier molecular flexibility index (Phi) is 7.10. The first kappa shape index (κ1) is 23.6. The van der Waals surface area contributed by atoms with Gasteiger partial charge in [0.15, 0.2) is 5.82 Å². The van der Waals surface area contributed by atoms with Crippen LogP contribution in [0, 0.1) is 13.8 Å². The van der Waals surface area contributed by atoms with Crippen LogP contribution < -0.4 is 5.32 Å². The van der Waals surface area contributed by atoms with Crippen molar-refractivity contribution in [3.8, 4) is 0 Å². The number of hydrogen-bond acceptors (Lipinski definition) is 6. The van der Waals surface area contributed by atoms with Crippen molar-refractivity contribution in [1.82, 2.24) is 14.4 Å². The molecule has 1 N–H and O–H groups in total. The molecule has 0 aliphatic rings. The Morgan fingerprint density at radius 3 is 2.44 bits per heavy atom. The molecular formula is C23H28N4O4S. The Labute approximate surface area is 188 Å². The first-order valence-corrected chi connectivity index (χ1v) is 11.7. The van der Waals surface area contributed by atoms with Crippen molar-refractivity contribution in [2.45, 2.75) is 44.9 Å². The average molecular weight is 457 g/mol. The molecule has 0 bridgehead atoms. The smallest absolute Gasteiger partial charge is 0.243 e. The maximum atomic E-state index is 12.9. The van der Waals surface area contributed by atoms with Crippen LogP contribution in [0.5, 0.6) is 0 Å². The van der Waals surface area contributed by atoms with E-state index in [1.807, 2.05) is 39.0 Å². The molecule has 9 heteroatoms. The monoisotopic (exact) mass is 456 g/mol. The van der Waals surface area contributed by atoms with Crippen LogP contribution in [0.4, 0.5) is 5.69 Å². The van der Waals surface area contributed by atoms with E-state index < -0.39 is 15.9 Å². The van der Waals surface area contributed by atoms with Crippen LogP contribution >= 0.6 is 0 Å². The second kappa shape index (κ2) is 9.62. The second-order valence-corrected chi connectivity index (χ2v) is 10.2. The number of anilines is 1. The summed E-state index contributed by atoms with van der Waals surface area (Å²) in [5.41, 5.74) is 3.02. The van der Waals surface area contributed by atoms with E-state index >= 15 is 0 Å². The zero-order valence-corrected chi connectivity index (χ0v) is 19.7. The summed E-state index contributed by atoms with van der Waals surface area (Å²) < 4.78 is 32.0. The van der Waals surface area contributed by atoms with Crippen molar-refractivity contribution in [3.05, 3.63) is 70.9 Å². The van der Waals surface area contributed by atoms with Gasteiger partial charge in [-0.25, -0.2) is 8.42 Å². The normalized spacial score (nSPS) is 11.8. The Balaban J connectivity index is 1.61. The number of aromatic nitrogens is 2. The number of sulfonamides is 1. The lowest BCUT2D eigenvalue weighted by Gasteiger charge is -2.18. The summed E-state index contributed by atoms with van der Waals surface area (Å²) in [6, 6.07) is 12.5. The van der Waals surface area contributed by atoms with Crippen LogP contribution in [-0.4, -0.2) is 42.4 Å². The summed E-state index contributed by atoms with van der Waals surface area (Å²) in [4.78, 5) is 17.0. The van der Waals surface area contributed by atoms with Crippen molar-refractivity contribution in [3.63, 3.8) is 0 Å². The highest BCUT2D eigenvalue weighted by Gasteiger charge is 2.24. The summed E-state index contributed by atoms with van der Waals surface area (Å²) in [5.74, 6) is 0.951. The second-order valence-electron chi connectivity index (χ2n) is 8.16. The highest BCUT2D eigenvalue weighted by molar-refractivity contribution is 7.89. The Hall–Kier alpha value is -3.04. The highest BCUT2D eigenvalue weighted by Crippen LogP contribution is 2.20. The summed E-state index contributed by atoms with van der Waals surface area (Å²) >= 11 is 0. The standard InChI is InChI=1S/C23H28N4O4S/c1-15(2)23-25-21(26-31-23)13-18-8-10-19(11-9-18)24-22(28)14-27(5)32(29,30)20-12-16(3)6-7-17(20)4/h6-12,15H,13-14H2,1-5H3,(H,24,28). The van der Waals surface area contributed by atoms with Crippen molar-refractivity contribution in [1.29, 1.82) is 0 Å². The third-order valence-electron chi connectivity index (χ3n) is 4.98. The summed E-state index contributed by atoms with van der Waals surface area (Å²) in [6.45, 7) is 7.24. The molecule has 1 heterocycles. The molecule has 170 valence electrons. The van der Waals surface area contributed by atoms with Crippen LogP contribution in [-0.2, 0) is 21.2 Å². The fourth-order valence-corrected chi connectivity index (χ4v) is 4.54. The molecule has 0 radical (unpaired) electrons. The number of amides is 1. The van der Waals surface area contributed by atoms with Crippen LogP contribution in [0.25, 0.3) is 0 Å². The summed E-state index contributed by atoms with van der Waals surface area (Å²) in [5, 5.41) is 6.72. The molecule has 0 aliphatic heterocycles. The number of benzene rings is 2. The minimum atomic E-state index is -3.78. The number of carbonyl (C=O) groups excluding carboxylic acids is 1. The zero-order chi connectivity index (χ0) is 23.5. The molecule has 1 amide bonds. The number of aryl methyl sites for hydroxylation is 2. The summed E-state index contributed by atoms with van der Waals surface area (Å²) in [7, 11) is -2.38. The van der Waals surface area contributed by atoms with Gasteiger partial charge in [-0.1, -0.05) is 43.3 Å². The highest BCUT2D eigenvalue weighted by atomic mass is 32.2. The first-order valence-electron chi connectivity index (χ1n) is 10.3. The maximum Gasteiger partial charge on any atom is 0.243 e. The zero-order valence-electron chi connectivity index (χ0n) is 18.9. The lowest BCUT2D eigenvalue weighted by Crippen LogP contribution is -2.35. The molecule has 32 heavy (non-hydrogen) atoms. The number of hydrogen-bond donors (Lipinski definition) is 1. The van der Waals surface area contributed by atoms with Crippen molar-refractivity contribution < 1.29 is 17.7 Å². The van der Waals surface area contributed by atoms with Crippen LogP contribution in [0.3, 0.4) is 0 Å². The van der Waals surface area contributed by atoms with Gasteiger partial charge < -0.3 is 9.84 Å². The van der Waals surface area contributed by atoms with E-state index in [0.29, 0.717) is 29.4 Å². The van der Waals surface area contributed by atoms with Crippen molar-refractivity contribution in [2.24, 2.45) is 0 Å². The first-order chi connectivity index (χ1) is 15.1. The van der Waals surface area contributed by atoms with Gasteiger partial charge in [-0.3, -0.25) is 4.79 Å². The SMILES string of the molecule is Cc1ccc(C)c(S(=O)(=O)N(C)CC(=O)Nc2ccc(Cc3noc(C(C)C)n3)cc2)c1. The topological polar surface area (TPSA) is 105 Å². The largest absolute Gasteiger partial charge is 0.339 e. The van der Waals surface area contributed by atoms with E-state index in [9.17, 15) is 13.2 Å². The molecule has 8 nitrogen and oxygen atoms in total. The fourth-order valence-electron chi connectivity index (χ4n) is 3.10.